The summed E-state index contributed by atoms with van der Waals surface area (Å²) < 4.78 is 15.9. The predicted molar refractivity (Wildman–Crippen MR) is 103 cm³/mol. The maximum absolute atomic E-state index is 14.0. The van der Waals surface area contributed by atoms with Crippen LogP contribution in [0, 0.1) is 5.82 Å². The van der Waals surface area contributed by atoms with Gasteiger partial charge in [-0.05, 0) is 23.8 Å². The third-order valence-electron chi connectivity index (χ3n) is 4.43. The maximum atomic E-state index is 14.0. The zero-order chi connectivity index (χ0) is 19.3. The number of hydrogen-bond acceptors (Lipinski definition) is 3. The van der Waals surface area contributed by atoms with Crippen LogP contribution in [0.2, 0.25) is 0 Å². The van der Waals surface area contributed by atoms with E-state index in [0.717, 1.165) is 5.56 Å². The lowest BCUT2D eigenvalue weighted by Crippen LogP contribution is -2.31. The van der Waals surface area contributed by atoms with Gasteiger partial charge in [-0.2, -0.15) is 5.10 Å². The Morgan fingerprint density at radius 2 is 1.93 bits per heavy atom. The van der Waals surface area contributed by atoms with Crippen LogP contribution >= 0.6 is 0 Å². The van der Waals surface area contributed by atoms with Crippen molar-refractivity contribution in [2.45, 2.75) is 12.6 Å². The molecule has 0 bridgehead atoms. The quantitative estimate of drug-likeness (QED) is 0.541. The summed E-state index contributed by atoms with van der Waals surface area (Å²) in [6.45, 7) is 0.532. The first-order valence-electron chi connectivity index (χ1n) is 8.82. The first-order valence-corrected chi connectivity index (χ1v) is 8.82. The molecule has 0 fully saturated rings. The Bertz CT molecular complexity index is 1060. The summed E-state index contributed by atoms with van der Waals surface area (Å²) >= 11 is 0. The number of rotatable bonds is 6. The molecule has 2 aromatic carbocycles. The second-order valence-corrected chi connectivity index (χ2v) is 6.34. The van der Waals surface area contributed by atoms with Crippen molar-refractivity contribution in [2.24, 2.45) is 0 Å². The van der Waals surface area contributed by atoms with E-state index in [2.05, 4.69) is 20.5 Å². The van der Waals surface area contributed by atoms with Crippen molar-refractivity contribution in [1.82, 2.24) is 25.1 Å². The van der Waals surface area contributed by atoms with Gasteiger partial charge in [0.2, 0.25) is 0 Å². The average molecular weight is 375 g/mol. The number of aromatic amines is 1. The lowest BCUT2D eigenvalue weighted by molar-refractivity contribution is 0.0927. The largest absolute Gasteiger partial charge is 0.342 e. The summed E-state index contributed by atoms with van der Waals surface area (Å²) in [5, 5.41) is 9.80. The summed E-state index contributed by atoms with van der Waals surface area (Å²) in [4.78, 5) is 16.8. The third-order valence-corrected chi connectivity index (χ3v) is 4.43. The van der Waals surface area contributed by atoms with Gasteiger partial charge in [0.1, 0.15) is 11.5 Å². The van der Waals surface area contributed by atoms with Crippen LogP contribution in [0.1, 0.15) is 22.1 Å². The molecule has 1 atom stereocenters. The molecule has 0 aliphatic carbocycles. The fraction of sp³-hybridized carbons (Fsp3) is 0.0952. The molecule has 0 aliphatic heterocycles. The van der Waals surface area contributed by atoms with Gasteiger partial charge in [-0.25, -0.2) is 9.37 Å². The highest BCUT2D eigenvalue weighted by atomic mass is 19.1. The second kappa shape index (κ2) is 7.87. The molecule has 2 N–H and O–H groups in total. The Morgan fingerprint density at radius 1 is 1.14 bits per heavy atom. The van der Waals surface area contributed by atoms with Crippen LogP contribution in [0.5, 0.6) is 0 Å². The Labute approximate surface area is 161 Å². The molecule has 0 aliphatic rings. The van der Waals surface area contributed by atoms with Crippen LogP contribution in [-0.4, -0.2) is 25.7 Å². The van der Waals surface area contributed by atoms with Crippen molar-refractivity contribution >= 4 is 5.91 Å². The van der Waals surface area contributed by atoms with Gasteiger partial charge in [0.15, 0.2) is 0 Å². The number of carbonyl (C=O) groups is 1. The second-order valence-electron chi connectivity index (χ2n) is 6.34. The molecular formula is C21H18FN5O. The molecule has 28 heavy (non-hydrogen) atoms. The van der Waals surface area contributed by atoms with Crippen molar-refractivity contribution in [1.29, 1.82) is 0 Å². The van der Waals surface area contributed by atoms with E-state index in [4.69, 9.17) is 0 Å². The highest BCUT2D eigenvalue weighted by molar-refractivity contribution is 5.93. The summed E-state index contributed by atoms with van der Waals surface area (Å²) in [6, 6.07) is 17.3. The lowest BCUT2D eigenvalue weighted by Gasteiger charge is -2.19. The van der Waals surface area contributed by atoms with E-state index in [1.807, 2.05) is 41.1 Å². The molecule has 140 valence electrons. The molecule has 1 unspecified atom stereocenters. The molecule has 0 radical (unpaired) electrons. The van der Waals surface area contributed by atoms with Gasteiger partial charge in [0.05, 0.1) is 18.1 Å². The van der Waals surface area contributed by atoms with Crippen LogP contribution in [-0.2, 0) is 6.54 Å². The number of H-pyrrole nitrogens is 1. The van der Waals surface area contributed by atoms with Gasteiger partial charge in [-0.3, -0.25) is 9.89 Å². The van der Waals surface area contributed by atoms with Crippen LogP contribution in [0.15, 0.2) is 79.4 Å². The van der Waals surface area contributed by atoms with Crippen LogP contribution in [0.4, 0.5) is 4.39 Å². The number of nitrogens with one attached hydrogen (secondary N) is 2. The van der Waals surface area contributed by atoms with Gasteiger partial charge in [0.25, 0.3) is 5.91 Å². The number of imidazole rings is 1. The molecule has 6 nitrogen and oxygen atoms in total. The summed E-state index contributed by atoms with van der Waals surface area (Å²) in [5.74, 6) is -0.702. The molecule has 4 aromatic rings. The summed E-state index contributed by atoms with van der Waals surface area (Å²) in [7, 11) is 0. The minimum atomic E-state index is -0.386. The Morgan fingerprint density at radius 3 is 2.68 bits per heavy atom. The topological polar surface area (TPSA) is 75.6 Å². The molecule has 2 heterocycles. The van der Waals surface area contributed by atoms with Crippen LogP contribution in [0.25, 0.3) is 11.3 Å². The van der Waals surface area contributed by atoms with E-state index >= 15 is 0 Å². The first kappa shape index (κ1) is 17.7. The molecule has 0 saturated carbocycles. The molecule has 7 heteroatoms. The fourth-order valence-corrected chi connectivity index (χ4v) is 3.01. The van der Waals surface area contributed by atoms with E-state index in [1.165, 1.54) is 6.07 Å². The first-order chi connectivity index (χ1) is 13.7. The van der Waals surface area contributed by atoms with Gasteiger partial charge >= 0.3 is 0 Å². The number of amides is 1. The summed E-state index contributed by atoms with van der Waals surface area (Å²) in [6.07, 6.45) is 5.24. The van der Waals surface area contributed by atoms with E-state index in [9.17, 15) is 9.18 Å². The van der Waals surface area contributed by atoms with Crippen LogP contribution < -0.4 is 5.32 Å². The highest BCUT2D eigenvalue weighted by Crippen LogP contribution is 2.21. The zero-order valence-electron chi connectivity index (χ0n) is 14.9. The zero-order valence-corrected chi connectivity index (χ0v) is 14.9. The predicted octanol–water partition coefficient (Wildman–Crippen LogP) is 3.58. The van der Waals surface area contributed by atoms with E-state index in [-0.39, 0.29) is 23.5 Å². The summed E-state index contributed by atoms with van der Waals surface area (Å²) in [5.41, 5.74) is 1.97. The average Bonchev–Trinajstić information content (AvgIpc) is 3.41. The molecular weight excluding hydrogens is 357 g/mol. The van der Waals surface area contributed by atoms with Crippen molar-refractivity contribution in [3.8, 4) is 11.3 Å². The van der Waals surface area contributed by atoms with Gasteiger partial charge < -0.3 is 9.88 Å². The number of carbonyl (C=O) groups excluding carboxylic acids is 1. The van der Waals surface area contributed by atoms with E-state index < -0.39 is 0 Å². The monoisotopic (exact) mass is 375 g/mol. The third kappa shape index (κ3) is 3.83. The standard InChI is InChI=1S/C21H18FN5O/c22-17-9-5-4-8-16(17)18-12-19(26-25-18)21(28)24-20(13-27-11-10-23-14-27)15-6-2-1-3-7-15/h1-12,14,20H,13H2,(H,24,28)(H,25,26). The molecule has 1 amide bonds. The van der Waals surface area contributed by atoms with E-state index in [0.29, 0.717) is 17.8 Å². The van der Waals surface area contributed by atoms with Crippen molar-refractivity contribution in [2.75, 3.05) is 0 Å². The lowest BCUT2D eigenvalue weighted by atomic mass is 10.1. The number of halogens is 1. The number of hydrogen-bond donors (Lipinski definition) is 2. The van der Waals surface area contributed by atoms with Crippen molar-refractivity contribution in [3.63, 3.8) is 0 Å². The normalized spacial score (nSPS) is 11.9. The van der Waals surface area contributed by atoms with Gasteiger partial charge in [-0.15, -0.1) is 0 Å². The minimum absolute atomic E-state index is 0.261. The Balaban J connectivity index is 1.55. The number of benzene rings is 2. The van der Waals surface area contributed by atoms with Crippen LogP contribution in [0.3, 0.4) is 0 Å². The van der Waals surface area contributed by atoms with Gasteiger partial charge in [0, 0.05) is 24.5 Å². The highest BCUT2D eigenvalue weighted by Gasteiger charge is 2.19. The minimum Gasteiger partial charge on any atom is -0.342 e. The number of aromatic nitrogens is 4. The molecule has 0 saturated heterocycles. The number of nitrogens with zero attached hydrogens (tertiary/aromatic N) is 3. The maximum Gasteiger partial charge on any atom is 0.269 e. The molecule has 4 rings (SSSR count). The van der Waals surface area contributed by atoms with E-state index in [1.54, 1.807) is 36.8 Å². The van der Waals surface area contributed by atoms with Gasteiger partial charge in [-0.1, -0.05) is 42.5 Å². The fourth-order valence-electron chi connectivity index (χ4n) is 3.01. The Hall–Kier alpha value is -3.74. The smallest absolute Gasteiger partial charge is 0.269 e. The van der Waals surface area contributed by atoms with Crippen molar-refractivity contribution in [3.05, 3.63) is 96.5 Å². The Kier molecular flexibility index (Phi) is 4.97. The SMILES string of the molecule is O=C(NC(Cn1ccnc1)c1ccccc1)c1cc(-c2ccccc2F)n[nH]1. The molecule has 2 aromatic heterocycles. The van der Waals surface area contributed by atoms with Crippen molar-refractivity contribution < 1.29 is 9.18 Å². The molecule has 0 spiro atoms.